The lowest BCUT2D eigenvalue weighted by atomic mass is 9.82. The first-order chi connectivity index (χ1) is 8.19. The van der Waals surface area contributed by atoms with Crippen molar-refractivity contribution in [3.05, 3.63) is 0 Å². The van der Waals surface area contributed by atoms with Crippen molar-refractivity contribution in [2.75, 3.05) is 19.8 Å². The molecule has 2 heterocycles. The van der Waals surface area contributed by atoms with Crippen LogP contribution >= 0.6 is 7.60 Å². The summed E-state index contributed by atoms with van der Waals surface area (Å²) < 4.78 is 24.0. The Bertz CT molecular complexity index is 356. The summed E-state index contributed by atoms with van der Waals surface area (Å²) in [7, 11) is -3.26. The molecular formula is C12H24NO4P. The first kappa shape index (κ1) is 14.5. The maximum atomic E-state index is 12.8. The minimum atomic E-state index is -3.26. The molecule has 6 heteroatoms. The Hall–Kier alpha value is 0.0700. The minimum absolute atomic E-state index is 0.0702. The Labute approximate surface area is 109 Å². The second-order valence-electron chi connectivity index (χ2n) is 6.60. The molecule has 1 atom stereocenters. The van der Waals surface area contributed by atoms with Crippen molar-refractivity contribution in [3.63, 3.8) is 0 Å². The standard InChI is InChI=1S/C12H24NO4P/c1-11(2,3)10-8-16-18(15,17-9-10)12(4)6-5-7-13(12)14/h10,14H,5-9H2,1-4H3. The van der Waals surface area contributed by atoms with Crippen LogP contribution < -0.4 is 0 Å². The first-order valence-corrected chi connectivity index (χ1v) is 8.09. The number of rotatable bonds is 1. The van der Waals surface area contributed by atoms with Crippen LogP contribution in [0.4, 0.5) is 0 Å². The summed E-state index contributed by atoms with van der Waals surface area (Å²) in [6.45, 7) is 9.52. The van der Waals surface area contributed by atoms with E-state index in [0.29, 0.717) is 26.2 Å². The fourth-order valence-electron chi connectivity index (χ4n) is 2.45. The van der Waals surface area contributed by atoms with Crippen molar-refractivity contribution in [1.82, 2.24) is 5.06 Å². The fourth-order valence-corrected chi connectivity index (χ4v) is 4.65. The summed E-state index contributed by atoms with van der Waals surface area (Å²) in [5.41, 5.74) is 0.0702. The molecule has 0 amide bonds. The van der Waals surface area contributed by atoms with Gasteiger partial charge in [-0.25, -0.2) is 0 Å². The molecule has 2 fully saturated rings. The van der Waals surface area contributed by atoms with E-state index in [9.17, 15) is 9.77 Å². The molecule has 0 aliphatic carbocycles. The van der Waals surface area contributed by atoms with E-state index in [-0.39, 0.29) is 11.3 Å². The van der Waals surface area contributed by atoms with E-state index in [4.69, 9.17) is 9.05 Å². The summed E-state index contributed by atoms with van der Waals surface area (Å²) in [6, 6.07) is 0. The third-order valence-corrected chi connectivity index (χ3v) is 6.89. The molecule has 0 spiro atoms. The van der Waals surface area contributed by atoms with Crippen LogP contribution in [-0.2, 0) is 13.6 Å². The maximum absolute atomic E-state index is 12.8. The molecule has 2 rings (SSSR count). The van der Waals surface area contributed by atoms with Crippen LogP contribution in [0.1, 0.15) is 40.5 Å². The second kappa shape index (κ2) is 4.57. The molecule has 0 radical (unpaired) electrons. The highest BCUT2D eigenvalue weighted by atomic mass is 31.2. The van der Waals surface area contributed by atoms with Gasteiger partial charge in [-0.15, -0.1) is 0 Å². The Kier molecular flexibility index (Phi) is 3.67. The molecule has 18 heavy (non-hydrogen) atoms. The lowest BCUT2D eigenvalue weighted by molar-refractivity contribution is -0.125. The van der Waals surface area contributed by atoms with E-state index in [2.05, 4.69) is 20.8 Å². The van der Waals surface area contributed by atoms with E-state index in [1.807, 2.05) is 0 Å². The topological polar surface area (TPSA) is 59.0 Å². The van der Waals surface area contributed by atoms with E-state index in [1.54, 1.807) is 6.92 Å². The number of nitrogens with zero attached hydrogens (tertiary/aromatic N) is 1. The van der Waals surface area contributed by atoms with Crippen LogP contribution in [0.15, 0.2) is 0 Å². The van der Waals surface area contributed by atoms with Gasteiger partial charge in [-0.3, -0.25) is 4.57 Å². The molecular weight excluding hydrogens is 253 g/mol. The van der Waals surface area contributed by atoms with Gasteiger partial charge in [0.15, 0.2) is 0 Å². The Morgan fingerprint density at radius 1 is 1.33 bits per heavy atom. The molecule has 2 saturated heterocycles. The molecule has 106 valence electrons. The third kappa shape index (κ3) is 2.27. The SMILES string of the molecule is CC(C)(C)C1COP(=O)(C2(C)CCCN2O)OC1. The van der Waals surface area contributed by atoms with Gasteiger partial charge < -0.3 is 14.3 Å². The van der Waals surface area contributed by atoms with Gasteiger partial charge in [-0.1, -0.05) is 20.8 Å². The lowest BCUT2D eigenvalue weighted by Crippen LogP contribution is -2.43. The lowest BCUT2D eigenvalue weighted by Gasteiger charge is -2.43. The summed E-state index contributed by atoms with van der Waals surface area (Å²) in [6.07, 6.45) is 1.45. The quantitative estimate of drug-likeness (QED) is 0.746. The minimum Gasteiger partial charge on any atom is -0.313 e. The van der Waals surface area contributed by atoms with Crippen LogP contribution in [0.5, 0.6) is 0 Å². The average molecular weight is 277 g/mol. The van der Waals surface area contributed by atoms with E-state index in [1.165, 1.54) is 0 Å². The Morgan fingerprint density at radius 2 is 1.89 bits per heavy atom. The van der Waals surface area contributed by atoms with Crippen molar-refractivity contribution in [2.45, 2.75) is 45.8 Å². The summed E-state index contributed by atoms with van der Waals surface area (Å²) in [5, 5.41) is 10.1. The van der Waals surface area contributed by atoms with Crippen LogP contribution in [0.2, 0.25) is 0 Å². The van der Waals surface area contributed by atoms with Gasteiger partial charge in [0.2, 0.25) is 0 Å². The second-order valence-corrected chi connectivity index (χ2v) is 9.07. The van der Waals surface area contributed by atoms with Crippen LogP contribution in [-0.4, -0.2) is 35.3 Å². The number of hydroxylamine groups is 2. The van der Waals surface area contributed by atoms with Crippen LogP contribution in [0, 0.1) is 11.3 Å². The molecule has 2 aliphatic heterocycles. The third-order valence-electron chi connectivity index (χ3n) is 4.28. The number of hydrogen-bond acceptors (Lipinski definition) is 5. The number of hydrogen-bond donors (Lipinski definition) is 1. The molecule has 1 N–H and O–H groups in total. The predicted octanol–water partition coefficient (Wildman–Crippen LogP) is 3.09. The average Bonchev–Trinajstić information content (AvgIpc) is 2.60. The molecule has 1 unspecified atom stereocenters. The van der Waals surface area contributed by atoms with Crippen LogP contribution in [0.3, 0.4) is 0 Å². The largest absolute Gasteiger partial charge is 0.352 e. The van der Waals surface area contributed by atoms with Crippen molar-refractivity contribution >= 4 is 7.60 Å². The highest BCUT2D eigenvalue weighted by molar-refractivity contribution is 7.55. The van der Waals surface area contributed by atoms with E-state index in [0.717, 1.165) is 11.5 Å². The molecule has 0 saturated carbocycles. The van der Waals surface area contributed by atoms with Gasteiger partial charge in [-0.05, 0) is 25.2 Å². The summed E-state index contributed by atoms with van der Waals surface area (Å²) in [5.74, 6) is 0.233. The van der Waals surface area contributed by atoms with Gasteiger partial charge >= 0.3 is 7.60 Å². The van der Waals surface area contributed by atoms with Crippen molar-refractivity contribution in [1.29, 1.82) is 0 Å². The van der Waals surface area contributed by atoms with Crippen LogP contribution in [0.25, 0.3) is 0 Å². The molecule has 5 nitrogen and oxygen atoms in total. The monoisotopic (exact) mass is 277 g/mol. The zero-order chi connectivity index (χ0) is 13.6. The summed E-state index contributed by atoms with van der Waals surface area (Å²) >= 11 is 0. The first-order valence-electron chi connectivity index (χ1n) is 6.55. The van der Waals surface area contributed by atoms with Gasteiger partial charge in [-0.2, -0.15) is 5.06 Å². The predicted molar refractivity (Wildman–Crippen MR) is 68.6 cm³/mol. The van der Waals surface area contributed by atoms with E-state index < -0.39 is 12.9 Å². The highest BCUT2D eigenvalue weighted by Crippen LogP contribution is 2.66. The summed E-state index contributed by atoms with van der Waals surface area (Å²) in [4.78, 5) is 0. The molecule has 0 aromatic carbocycles. The zero-order valence-corrected chi connectivity index (χ0v) is 12.6. The zero-order valence-electron chi connectivity index (χ0n) is 11.7. The maximum Gasteiger partial charge on any atom is 0.352 e. The molecule has 0 aromatic rings. The van der Waals surface area contributed by atoms with E-state index >= 15 is 0 Å². The Morgan fingerprint density at radius 3 is 2.28 bits per heavy atom. The Balaban J connectivity index is 2.10. The van der Waals surface area contributed by atoms with Crippen molar-refractivity contribution in [3.8, 4) is 0 Å². The van der Waals surface area contributed by atoms with Gasteiger partial charge in [0, 0.05) is 12.5 Å². The highest BCUT2D eigenvalue weighted by Gasteiger charge is 2.56. The normalized spacial score (nSPS) is 43.3. The molecule has 0 bridgehead atoms. The van der Waals surface area contributed by atoms with Crippen molar-refractivity contribution < 1.29 is 18.8 Å². The van der Waals surface area contributed by atoms with Gasteiger partial charge in [0.25, 0.3) is 0 Å². The smallest absolute Gasteiger partial charge is 0.313 e. The van der Waals surface area contributed by atoms with Gasteiger partial charge in [0.1, 0.15) is 5.28 Å². The molecule has 0 aromatic heterocycles. The van der Waals surface area contributed by atoms with Crippen molar-refractivity contribution in [2.24, 2.45) is 11.3 Å². The fraction of sp³-hybridized carbons (Fsp3) is 1.00. The van der Waals surface area contributed by atoms with Gasteiger partial charge in [0.05, 0.1) is 13.2 Å². The molecule has 2 aliphatic rings.